The summed E-state index contributed by atoms with van der Waals surface area (Å²) in [6, 6.07) is 5.32. The molecule has 8 heteroatoms. The van der Waals surface area contributed by atoms with E-state index in [4.69, 9.17) is 17.3 Å². The Hall–Kier alpha value is -2.12. The maximum atomic E-state index is 12.5. The molecule has 1 aromatic heterocycles. The van der Waals surface area contributed by atoms with Crippen LogP contribution in [0.25, 0.3) is 10.9 Å². The van der Waals surface area contributed by atoms with Crippen LogP contribution >= 0.6 is 11.6 Å². The zero-order valence-electron chi connectivity index (χ0n) is 12.0. The van der Waals surface area contributed by atoms with Gasteiger partial charge in [0.1, 0.15) is 5.54 Å². The van der Waals surface area contributed by atoms with Crippen molar-refractivity contribution in [2.45, 2.75) is 18.9 Å². The number of halogens is 1. The Labute approximate surface area is 131 Å². The van der Waals surface area contributed by atoms with Crippen molar-refractivity contribution in [1.29, 1.82) is 0 Å². The first kappa shape index (κ1) is 14.8. The third-order valence-corrected chi connectivity index (χ3v) is 4.29. The number of hydrogen-bond donors (Lipinski definition) is 3. The Kier molecular flexibility index (Phi) is 3.54. The number of H-pyrrole nitrogens is 1. The summed E-state index contributed by atoms with van der Waals surface area (Å²) in [5.74, 6) is -0.0599. The molecule has 1 unspecified atom stereocenters. The molecule has 1 atom stereocenters. The lowest BCUT2D eigenvalue weighted by molar-refractivity contribution is -0.128. The summed E-state index contributed by atoms with van der Waals surface area (Å²) in [6.45, 7) is 2.15. The van der Waals surface area contributed by atoms with Gasteiger partial charge in [-0.05, 0) is 18.6 Å². The fourth-order valence-electron chi connectivity index (χ4n) is 2.62. The standard InChI is InChI=1S/C14H16ClN5O2/c1-8(21)20-6-5-14(16,7-20)13(22)17-12-9-3-2-4-10(15)11(9)18-19-12/h2-4H,5-7,16H2,1H3,(H2,17,18,19,22). The fourth-order valence-corrected chi connectivity index (χ4v) is 2.84. The molecule has 1 fully saturated rings. The molecule has 7 nitrogen and oxygen atoms in total. The Morgan fingerprint density at radius 1 is 1.50 bits per heavy atom. The lowest BCUT2D eigenvalue weighted by Gasteiger charge is -2.22. The van der Waals surface area contributed by atoms with Crippen LogP contribution in [0.5, 0.6) is 0 Å². The van der Waals surface area contributed by atoms with Gasteiger partial charge < -0.3 is 16.0 Å². The molecule has 116 valence electrons. The van der Waals surface area contributed by atoms with E-state index in [2.05, 4.69) is 15.5 Å². The molecule has 1 saturated heterocycles. The number of fused-ring (bicyclic) bond motifs is 1. The molecule has 0 bridgehead atoms. The zero-order valence-corrected chi connectivity index (χ0v) is 12.8. The highest BCUT2D eigenvalue weighted by Crippen LogP contribution is 2.28. The molecular formula is C14H16ClN5O2. The summed E-state index contributed by atoms with van der Waals surface area (Å²) >= 11 is 6.06. The summed E-state index contributed by atoms with van der Waals surface area (Å²) < 4.78 is 0. The van der Waals surface area contributed by atoms with Gasteiger partial charge >= 0.3 is 0 Å². The van der Waals surface area contributed by atoms with E-state index >= 15 is 0 Å². The van der Waals surface area contributed by atoms with Crippen LogP contribution in [0.1, 0.15) is 13.3 Å². The van der Waals surface area contributed by atoms with Crippen LogP contribution < -0.4 is 11.1 Å². The van der Waals surface area contributed by atoms with Gasteiger partial charge in [-0.3, -0.25) is 14.7 Å². The van der Waals surface area contributed by atoms with Gasteiger partial charge in [0.15, 0.2) is 5.82 Å². The van der Waals surface area contributed by atoms with Crippen molar-refractivity contribution in [2.75, 3.05) is 18.4 Å². The van der Waals surface area contributed by atoms with Gasteiger partial charge in [-0.1, -0.05) is 17.7 Å². The number of carbonyl (C=O) groups excluding carboxylic acids is 2. The number of para-hydroxylation sites is 1. The normalized spacial score (nSPS) is 21.3. The lowest BCUT2D eigenvalue weighted by atomic mass is 9.99. The van der Waals surface area contributed by atoms with Crippen molar-refractivity contribution in [2.24, 2.45) is 5.73 Å². The quantitative estimate of drug-likeness (QED) is 0.770. The largest absolute Gasteiger partial charge is 0.340 e. The highest BCUT2D eigenvalue weighted by atomic mass is 35.5. The van der Waals surface area contributed by atoms with E-state index in [9.17, 15) is 9.59 Å². The number of anilines is 1. The molecule has 3 rings (SSSR count). The number of aromatic nitrogens is 2. The third kappa shape index (κ3) is 2.42. The minimum Gasteiger partial charge on any atom is -0.340 e. The smallest absolute Gasteiger partial charge is 0.247 e. The maximum absolute atomic E-state index is 12.5. The highest BCUT2D eigenvalue weighted by Gasteiger charge is 2.42. The van der Waals surface area contributed by atoms with Crippen LogP contribution in [-0.2, 0) is 9.59 Å². The number of nitrogens with zero attached hydrogens (tertiary/aromatic N) is 2. The van der Waals surface area contributed by atoms with Crippen LogP contribution in [0, 0.1) is 0 Å². The molecule has 2 heterocycles. The monoisotopic (exact) mass is 321 g/mol. The molecule has 2 amide bonds. The van der Waals surface area contributed by atoms with Gasteiger partial charge in [-0.15, -0.1) is 0 Å². The third-order valence-electron chi connectivity index (χ3n) is 3.98. The van der Waals surface area contributed by atoms with Crippen molar-refractivity contribution in [3.63, 3.8) is 0 Å². The van der Waals surface area contributed by atoms with Gasteiger partial charge in [0, 0.05) is 25.4 Å². The molecule has 0 aliphatic carbocycles. The summed E-state index contributed by atoms with van der Waals surface area (Å²) in [4.78, 5) is 25.4. The lowest BCUT2D eigenvalue weighted by Crippen LogP contribution is -2.53. The van der Waals surface area contributed by atoms with Gasteiger partial charge in [0.25, 0.3) is 0 Å². The van der Waals surface area contributed by atoms with Crippen LogP contribution in [0.3, 0.4) is 0 Å². The van der Waals surface area contributed by atoms with Crippen molar-refractivity contribution in [3.8, 4) is 0 Å². The second-order valence-corrected chi connectivity index (χ2v) is 5.94. The molecule has 22 heavy (non-hydrogen) atoms. The van der Waals surface area contributed by atoms with Crippen molar-refractivity contribution >= 4 is 40.1 Å². The molecule has 1 aliphatic heterocycles. The number of nitrogens with one attached hydrogen (secondary N) is 2. The van der Waals surface area contributed by atoms with E-state index in [-0.39, 0.29) is 18.4 Å². The van der Waals surface area contributed by atoms with Crippen LogP contribution in [0.2, 0.25) is 5.02 Å². The van der Waals surface area contributed by atoms with Crippen LogP contribution in [0.15, 0.2) is 18.2 Å². The fraction of sp³-hybridized carbons (Fsp3) is 0.357. The number of carbonyl (C=O) groups is 2. The SMILES string of the molecule is CC(=O)N1CCC(N)(C(=O)Nc2n[nH]c3c(Cl)cccc23)C1. The molecule has 0 saturated carbocycles. The number of benzene rings is 1. The number of nitrogens with two attached hydrogens (primary N) is 1. The predicted molar refractivity (Wildman–Crippen MR) is 83.5 cm³/mol. The molecule has 0 radical (unpaired) electrons. The molecule has 1 aromatic carbocycles. The van der Waals surface area contributed by atoms with Crippen LogP contribution in [-0.4, -0.2) is 45.5 Å². The van der Waals surface area contributed by atoms with Gasteiger partial charge in [-0.25, -0.2) is 0 Å². The number of likely N-dealkylation sites (tertiary alicyclic amines) is 1. The van der Waals surface area contributed by atoms with E-state index in [1.54, 1.807) is 23.1 Å². The first-order valence-corrected chi connectivity index (χ1v) is 7.27. The van der Waals surface area contributed by atoms with Crippen LogP contribution in [0.4, 0.5) is 5.82 Å². The van der Waals surface area contributed by atoms with Gasteiger partial charge in [-0.2, -0.15) is 5.10 Å². The summed E-state index contributed by atoms with van der Waals surface area (Å²) in [5.41, 5.74) is 5.70. The molecule has 2 aromatic rings. The Balaban J connectivity index is 1.82. The topological polar surface area (TPSA) is 104 Å². The molecule has 1 aliphatic rings. The molecule has 4 N–H and O–H groups in total. The minimum atomic E-state index is -1.10. The number of hydrogen-bond acceptors (Lipinski definition) is 4. The second kappa shape index (κ2) is 5.26. The van der Waals surface area contributed by atoms with Gasteiger partial charge in [0.2, 0.25) is 11.8 Å². The summed E-state index contributed by atoms with van der Waals surface area (Å²) in [6.07, 6.45) is 0.418. The van der Waals surface area contributed by atoms with Gasteiger partial charge in [0.05, 0.1) is 10.5 Å². The summed E-state index contributed by atoms with van der Waals surface area (Å²) in [7, 11) is 0. The van der Waals surface area contributed by atoms with E-state index < -0.39 is 5.54 Å². The van der Waals surface area contributed by atoms with E-state index in [1.165, 1.54) is 6.92 Å². The number of rotatable bonds is 2. The maximum Gasteiger partial charge on any atom is 0.247 e. The summed E-state index contributed by atoms with van der Waals surface area (Å²) in [5, 5.41) is 10.8. The average molecular weight is 322 g/mol. The highest BCUT2D eigenvalue weighted by molar-refractivity contribution is 6.35. The number of aromatic amines is 1. The Morgan fingerprint density at radius 3 is 2.95 bits per heavy atom. The van der Waals surface area contributed by atoms with Crippen molar-refractivity contribution < 1.29 is 9.59 Å². The zero-order chi connectivity index (χ0) is 15.9. The predicted octanol–water partition coefficient (Wildman–Crippen LogP) is 1.10. The first-order valence-electron chi connectivity index (χ1n) is 6.89. The second-order valence-electron chi connectivity index (χ2n) is 5.54. The van der Waals surface area contributed by atoms with E-state index in [0.717, 1.165) is 0 Å². The Morgan fingerprint density at radius 2 is 2.27 bits per heavy atom. The molecule has 0 spiro atoms. The van der Waals surface area contributed by atoms with Crippen molar-refractivity contribution in [3.05, 3.63) is 23.2 Å². The molecular weight excluding hydrogens is 306 g/mol. The first-order chi connectivity index (χ1) is 10.4. The average Bonchev–Trinajstić information content (AvgIpc) is 3.05. The Bertz CT molecular complexity index is 759. The minimum absolute atomic E-state index is 0.0860. The van der Waals surface area contributed by atoms with Crippen molar-refractivity contribution in [1.82, 2.24) is 15.1 Å². The van der Waals surface area contributed by atoms with E-state index in [0.29, 0.717) is 34.7 Å². The number of amides is 2. The van der Waals surface area contributed by atoms with E-state index in [1.807, 2.05) is 0 Å².